The summed E-state index contributed by atoms with van der Waals surface area (Å²) in [4.78, 5) is 37.1. The highest BCUT2D eigenvalue weighted by atomic mass is 16.5. The van der Waals surface area contributed by atoms with Crippen LogP contribution in [0, 0.1) is 5.92 Å². The number of carbonyl (C=O) groups is 3. The molecule has 1 saturated heterocycles. The van der Waals surface area contributed by atoms with E-state index in [1.807, 2.05) is 0 Å². The van der Waals surface area contributed by atoms with Gasteiger partial charge in [-0.15, -0.1) is 0 Å². The number of hydrogen-bond acceptors (Lipinski definition) is 5. The molecule has 1 heterocycles. The van der Waals surface area contributed by atoms with E-state index >= 15 is 0 Å². The maximum atomic E-state index is 12.2. The van der Waals surface area contributed by atoms with Gasteiger partial charge in [0.15, 0.2) is 6.61 Å². The second-order valence-electron chi connectivity index (χ2n) is 7.07. The second-order valence-corrected chi connectivity index (χ2v) is 7.07. The number of primary amides is 1. The van der Waals surface area contributed by atoms with Crippen molar-refractivity contribution in [1.29, 1.82) is 0 Å². The summed E-state index contributed by atoms with van der Waals surface area (Å²) in [5.74, 6) is -0.606. The highest BCUT2D eigenvalue weighted by Crippen LogP contribution is 2.17. The van der Waals surface area contributed by atoms with Gasteiger partial charge in [-0.05, 0) is 43.5 Å². The Morgan fingerprint density at radius 3 is 2.36 bits per heavy atom. The molecule has 7 heteroatoms. The molecule has 0 saturated carbocycles. The summed E-state index contributed by atoms with van der Waals surface area (Å²) in [6, 6.07) is 6.72. The van der Waals surface area contributed by atoms with Crippen molar-refractivity contribution in [2.45, 2.75) is 45.4 Å². The topological polar surface area (TPSA) is 98.9 Å². The average molecular weight is 390 g/mol. The number of amides is 2. The number of nitrogens with two attached hydrogens (primary N) is 1. The van der Waals surface area contributed by atoms with Gasteiger partial charge in [-0.1, -0.05) is 26.2 Å². The fourth-order valence-corrected chi connectivity index (χ4v) is 3.12. The summed E-state index contributed by atoms with van der Waals surface area (Å²) >= 11 is 0. The number of ether oxygens (including phenoxy) is 2. The molecule has 1 fully saturated rings. The Morgan fingerprint density at radius 2 is 1.75 bits per heavy atom. The number of carbonyl (C=O) groups excluding carboxylic acids is 3. The molecule has 28 heavy (non-hydrogen) atoms. The van der Waals surface area contributed by atoms with Crippen molar-refractivity contribution in [2.24, 2.45) is 11.7 Å². The maximum Gasteiger partial charge on any atom is 0.338 e. The Morgan fingerprint density at radius 1 is 1.07 bits per heavy atom. The van der Waals surface area contributed by atoms with Crippen LogP contribution in [0.4, 0.5) is 0 Å². The van der Waals surface area contributed by atoms with Crippen molar-refractivity contribution in [3.63, 3.8) is 0 Å². The molecular formula is C21H30N2O5. The van der Waals surface area contributed by atoms with Crippen molar-refractivity contribution in [3.05, 3.63) is 29.8 Å². The molecule has 0 spiro atoms. The Labute approximate surface area is 166 Å². The van der Waals surface area contributed by atoms with Crippen LogP contribution < -0.4 is 10.5 Å². The lowest BCUT2D eigenvalue weighted by Gasteiger charge is -2.30. The largest absolute Gasteiger partial charge is 0.494 e. The summed E-state index contributed by atoms with van der Waals surface area (Å²) in [6.45, 7) is 3.42. The number of nitrogens with zero attached hydrogens (tertiary/aromatic N) is 1. The second kappa shape index (κ2) is 11.3. The van der Waals surface area contributed by atoms with E-state index in [1.165, 1.54) is 12.8 Å². The van der Waals surface area contributed by atoms with E-state index in [0.717, 1.165) is 12.8 Å². The standard InChI is InChI=1S/C21H30N2O5/c1-2-3-4-5-14-27-18-8-6-17(7-9-18)21(26)28-15-19(24)23-12-10-16(11-13-23)20(22)25/h6-9,16H,2-5,10-15H2,1H3,(H2,22,25). The summed E-state index contributed by atoms with van der Waals surface area (Å²) in [5, 5.41) is 0. The SMILES string of the molecule is CCCCCCOc1ccc(C(=O)OCC(=O)N2CCC(C(N)=O)CC2)cc1. The zero-order valence-corrected chi connectivity index (χ0v) is 16.5. The molecule has 0 aromatic heterocycles. The summed E-state index contributed by atoms with van der Waals surface area (Å²) in [6.07, 6.45) is 5.65. The van der Waals surface area contributed by atoms with Crippen LogP contribution in [0.25, 0.3) is 0 Å². The van der Waals surface area contributed by atoms with Gasteiger partial charge in [-0.25, -0.2) is 4.79 Å². The first-order valence-corrected chi connectivity index (χ1v) is 9.98. The van der Waals surface area contributed by atoms with E-state index in [9.17, 15) is 14.4 Å². The maximum absolute atomic E-state index is 12.2. The average Bonchev–Trinajstić information content (AvgIpc) is 2.72. The van der Waals surface area contributed by atoms with Crippen LogP contribution in [0.2, 0.25) is 0 Å². The van der Waals surface area contributed by atoms with E-state index in [4.69, 9.17) is 15.2 Å². The molecule has 0 aliphatic carbocycles. The number of likely N-dealkylation sites (tertiary alicyclic amines) is 1. The Hall–Kier alpha value is -2.57. The van der Waals surface area contributed by atoms with E-state index in [0.29, 0.717) is 43.9 Å². The molecule has 2 N–H and O–H groups in total. The third kappa shape index (κ3) is 6.87. The van der Waals surface area contributed by atoms with Crippen molar-refractivity contribution in [2.75, 3.05) is 26.3 Å². The van der Waals surface area contributed by atoms with E-state index in [1.54, 1.807) is 29.2 Å². The smallest absolute Gasteiger partial charge is 0.338 e. The third-order valence-corrected chi connectivity index (χ3v) is 4.93. The fourth-order valence-electron chi connectivity index (χ4n) is 3.12. The molecule has 1 aliphatic heterocycles. The first kappa shape index (κ1) is 21.7. The highest BCUT2D eigenvalue weighted by Gasteiger charge is 2.26. The van der Waals surface area contributed by atoms with Gasteiger partial charge in [0.1, 0.15) is 5.75 Å². The van der Waals surface area contributed by atoms with Crippen LogP contribution in [0.3, 0.4) is 0 Å². The van der Waals surface area contributed by atoms with Crippen molar-refractivity contribution < 1.29 is 23.9 Å². The molecule has 0 bridgehead atoms. The number of unbranched alkanes of at least 4 members (excludes halogenated alkanes) is 3. The number of hydrogen-bond donors (Lipinski definition) is 1. The lowest BCUT2D eigenvalue weighted by molar-refractivity contribution is -0.137. The van der Waals surface area contributed by atoms with E-state index in [2.05, 4.69) is 6.92 Å². The quantitative estimate of drug-likeness (QED) is 0.489. The van der Waals surface area contributed by atoms with Crippen LogP contribution in [-0.2, 0) is 14.3 Å². The van der Waals surface area contributed by atoms with Gasteiger partial charge in [-0.2, -0.15) is 0 Å². The zero-order valence-electron chi connectivity index (χ0n) is 16.5. The number of piperidine rings is 1. The molecular weight excluding hydrogens is 360 g/mol. The Bertz CT molecular complexity index is 651. The molecule has 0 unspecified atom stereocenters. The molecule has 1 aliphatic rings. The van der Waals surface area contributed by atoms with Gasteiger partial charge in [0.05, 0.1) is 12.2 Å². The van der Waals surface area contributed by atoms with Crippen molar-refractivity contribution >= 4 is 17.8 Å². The summed E-state index contributed by atoms with van der Waals surface area (Å²) in [5.41, 5.74) is 5.66. The van der Waals surface area contributed by atoms with E-state index < -0.39 is 5.97 Å². The third-order valence-electron chi connectivity index (χ3n) is 4.93. The molecule has 7 nitrogen and oxygen atoms in total. The van der Waals surface area contributed by atoms with E-state index in [-0.39, 0.29) is 24.3 Å². The van der Waals surface area contributed by atoms with Gasteiger partial charge < -0.3 is 20.1 Å². The zero-order chi connectivity index (χ0) is 20.4. The molecule has 0 radical (unpaired) electrons. The normalized spacial score (nSPS) is 14.5. The molecule has 0 atom stereocenters. The van der Waals surface area contributed by atoms with Gasteiger partial charge in [0.25, 0.3) is 5.91 Å². The van der Waals surface area contributed by atoms with Gasteiger partial charge >= 0.3 is 5.97 Å². The van der Waals surface area contributed by atoms with Crippen molar-refractivity contribution in [3.8, 4) is 5.75 Å². The minimum absolute atomic E-state index is 0.182. The fraction of sp³-hybridized carbons (Fsp3) is 0.571. The number of rotatable bonds is 10. The van der Waals surface area contributed by atoms with Crippen molar-refractivity contribution in [1.82, 2.24) is 4.90 Å². The number of esters is 1. The highest BCUT2D eigenvalue weighted by molar-refractivity contribution is 5.91. The predicted molar refractivity (Wildman–Crippen MR) is 105 cm³/mol. The van der Waals surface area contributed by atoms with Gasteiger partial charge in [0, 0.05) is 19.0 Å². The molecule has 1 aromatic carbocycles. The first-order chi connectivity index (χ1) is 13.5. The summed E-state index contributed by atoms with van der Waals surface area (Å²) in [7, 11) is 0. The lowest BCUT2D eigenvalue weighted by Crippen LogP contribution is -2.43. The predicted octanol–water partition coefficient (Wildman–Crippen LogP) is 2.53. The molecule has 154 valence electrons. The van der Waals surface area contributed by atoms with Crippen LogP contribution in [0.15, 0.2) is 24.3 Å². The minimum atomic E-state index is -0.546. The number of benzene rings is 1. The summed E-state index contributed by atoms with van der Waals surface area (Å²) < 4.78 is 10.8. The van der Waals surface area contributed by atoms with Crippen LogP contribution in [0.5, 0.6) is 5.75 Å². The minimum Gasteiger partial charge on any atom is -0.494 e. The Balaban J connectivity index is 1.71. The van der Waals surface area contributed by atoms with Crippen LogP contribution >= 0.6 is 0 Å². The molecule has 1 aromatic rings. The van der Waals surface area contributed by atoms with Crippen LogP contribution in [-0.4, -0.2) is 49.0 Å². The molecule has 2 amide bonds. The lowest BCUT2D eigenvalue weighted by atomic mass is 9.96. The first-order valence-electron chi connectivity index (χ1n) is 9.98. The monoisotopic (exact) mass is 390 g/mol. The Kier molecular flexibility index (Phi) is 8.78. The van der Waals surface area contributed by atoms with Gasteiger partial charge in [0.2, 0.25) is 5.91 Å². The van der Waals surface area contributed by atoms with Gasteiger partial charge in [-0.3, -0.25) is 9.59 Å². The molecule has 2 rings (SSSR count). The van der Waals surface area contributed by atoms with Crippen LogP contribution in [0.1, 0.15) is 55.8 Å².